The molecule has 4 heteroatoms. The van der Waals surface area contributed by atoms with Gasteiger partial charge in [0.1, 0.15) is 0 Å². The van der Waals surface area contributed by atoms with Crippen LogP contribution in [0.4, 0.5) is 0 Å². The second-order valence-electron chi connectivity index (χ2n) is 8.00. The summed E-state index contributed by atoms with van der Waals surface area (Å²) in [6.07, 6.45) is 4.80. The van der Waals surface area contributed by atoms with E-state index in [0.717, 1.165) is 12.0 Å². The molecule has 134 valence electrons. The fourth-order valence-electron chi connectivity index (χ4n) is 4.29. The van der Waals surface area contributed by atoms with Crippen molar-refractivity contribution in [3.63, 3.8) is 0 Å². The minimum atomic E-state index is -1.15. The summed E-state index contributed by atoms with van der Waals surface area (Å²) in [5, 5.41) is 21.2. The summed E-state index contributed by atoms with van der Waals surface area (Å²) in [6.45, 7) is 5.89. The fourth-order valence-corrected chi connectivity index (χ4v) is 4.29. The van der Waals surface area contributed by atoms with Crippen molar-refractivity contribution in [2.75, 3.05) is 0 Å². The van der Waals surface area contributed by atoms with Crippen LogP contribution in [0.2, 0.25) is 0 Å². The molecule has 0 heterocycles. The Kier molecular flexibility index (Phi) is 4.46. The molecule has 1 aromatic rings. The summed E-state index contributed by atoms with van der Waals surface area (Å²) in [5.41, 5.74) is 0.322. The van der Waals surface area contributed by atoms with E-state index in [1.54, 1.807) is 19.1 Å². The van der Waals surface area contributed by atoms with E-state index in [2.05, 4.69) is 6.92 Å². The number of fused-ring (bicyclic) bond motifs is 1. The first-order valence-electron chi connectivity index (χ1n) is 8.97. The number of rotatable bonds is 3. The summed E-state index contributed by atoms with van der Waals surface area (Å²) in [5.74, 6) is 0.00542. The van der Waals surface area contributed by atoms with Crippen LogP contribution in [-0.2, 0) is 6.42 Å². The van der Waals surface area contributed by atoms with Gasteiger partial charge in [-0.05, 0) is 62.3 Å². The molecule has 25 heavy (non-hydrogen) atoms. The van der Waals surface area contributed by atoms with Gasteiger partial charge in [0.25, 0.3) is 0 Å². The highest BCUT2D eigenvalue weighted by molar-refractivity contribution is 6.22. The van der Waals surface area contributed by atoms with Crippen molar-refractivity contribution in [3.05, 3.63) is 47.0 Å². The van der Waals surface area contributed by atoms with Crippen LogP contribution in [0.1, 0.15) is 66.3 Å². The van der Waals surface area contributed by atoms with E-state index in [0.29, 0.717) is 30.4 Å². The van der Waals surface area contributed by atoms with E-state index in [-0.39, 0.29) is 17.5 Å². The van der Waals surface area contributed by atoms with Crippen molar-refractivity contribution in [2.24, 2.45) is 11.3 Å². The highest BCUT2D eigenvalue weighted by Crippen LogP contribution is 2.50. The molecule has 4 nitrogen and oxygen atoms in total. The second kappa shape index (κ2) is 6.19. The molecule has 4 atom stereocenters. The Labute approximate surface area is 148 Å². The molecule has 0 amide bonds. The molecule has 0 aliphatic heterocycles. The highest BCUT2D eigenvalue weighted by Gasteiger charge is 2.53. The van der Waals surface area contributed by atoms with Crippen LogP contribution < -0.4 is 0 Å². The monoisotopic (exact) mass is 342 g/mol. The van der Waals surface area contributed by atoms with Gasteiger partial charge in [-0.1, -0.05) is 26.0 Å². The van der Waals surface area contributed by atoms with Gasteiger partial charge in [0, 0.05) is 16.5 Å². The van der Waals surface area contributed by atoms with Gasteiger partial charge in [-0.15, -0.1) is 0 Å². The molecule has 1 saturated carbocycles. The molecule has 2 N–H and O–H groups in total. The molecule has 1 fully saturated rings. The number of allylic oxidation sites excluding steroid dienone is 2. The summed E-state index contributed by atoms with van der Waals surface area (Å²) in [7, 11) is 0. The largest absolute Gasteiger partial charge is 0.390 e. The van der Waals surface area contributed by atoms with Gasteiger partial charge in [0.05, 0.1) is 11.7 Å². The quantitative estimate of drug-likeness (QED) is 0.885. The zero-order chi connectivity index (χ0) is 18.4. The first kappa shape index (κ1) is 18.0. The molecule has 2 aliphatic rings. The first-order chi connectivity index (χ1) is 11.7. The van der Waals surface area contributed by atoms with Crippen LogP contribution in [0.15, 0.2) is 30.4 Å². The number of aryl methyl sites for hydroxylation is 1. The Bertz CT molecular complexity index is 746. The molecule has 0 aromatic heterocycles. The lowest BCUT2D eigenvalue weighted by Gasteiger charge is -2.53. The number of aliphatic hydroxyl groups is 2. The summed E-state index contributed by atoms with van der Waals surface area (Å²) >= 11 is 0. The van der Waals surface area contributed by atoms with Gasteiger partial charge in [-0.2, -0.15) is 0 Å². The third-order valence-corrected chi connectivity index (χ3v) is 6.70. The zero-order valence-electron chi connectivity index (χ0n) is 15.1. The van der Waals surface area contributed by atoms with E-state index in [1.807, 2.05) is 13.0 Å². The average Bonchev–Trinajstić information content (AvgIpc) is 2.59. The normalized spacial score (nSPS) is 34.9. The maximum absolute atomic E-state index is 12.0. The van der Waals surface area contributed by atoms with Crippen LogP contribution in [0.5, 0.6) is 0 Å². The lowest BCUT2D eigenvalue weighted by molar-refractivity contribution is -0.189. The van der Waals surface area contributed by atoms with Gasteiger partial charge in [0.15, 0.2) is 11.6 Å². The van der Waals surface area contributed by atoms with E-state index in [4.69, 9.17) is 0 Å². The Hall–Kier alpha value is -1.78. The molecular weight excluding hydrogens is 316 g/mol. The van der Waals surface area contributed by atoms with Gasteiger partial charge in [-0.25, -0.2) is 0 Å². The van der Waals surface area contributed by atoms with E-state index in [9.17, 15) is 19.8 Å². The lowest BCUT2D eigenvalue weighted by atomic mass is 9.56. The van der Waals surface area contributed by atoms with Crippen molar-refractivity contribution in [1.29, 1.82) is 0 Å². The molecule has 1 aromatic carbocycles. The minimum absolute atomic E-state index is 0.139. The predicted octanol–water partition coefficient (Wildman–Crippen LogP) is 3.10. The van der Waals surface area contributed by atoms with Crippen molar-refractivity contribution >= 4 is 11.6 Å². The summed E-state index contributed by atoms with van der Waals surface area (Å²) in [4.78, 5) is 23.9. The van der Waals surface area contributed by atoms with Gasteiger partial charge in [-0.3, -0.25) is 9.59 Å². The molecule has 3 rings (SSSR count). The van der Waals surface area contributed by atoms with Crippen molar-refractivity contribution in [1.82, 2.24) is 0 Å². The Morgan fingerprint density at radius 3 is 2.40 bits per heavy atom. The number of ketones is 2. The van der Waals surface area contributed by atoms with Crippen LogP contribution in [0, 0.1) is 11.3 Å². The van der Waals surface area contributed by atoms with Crippen molar-refractivity contribution < 1.29 is 19.8 Å². The number of hydrogen-bond acceptors (Lipinski definition) is 4. The zero-order valence-corrected chi connectivity index (χ0v) is 15.1. The molecule has 0 bridgehead atoms. The number of hydrogen-bond donors (Lipinski definition) is 2. The minimum Gasteiger partial charge on any atom is -0.390 e. The number of carbonyl (C=O) groups is 2. The topological polar surface area (TPSA) is 74.6 Å². The summed E-state index contributed by atoms with van der Waals surface area (Å²) < 4.78 is 0. The third kappa shape index (κ3) is 2.87. The second-order valence-corrected chi connectivity index (χ2v) is 8.00. The maximum atomic E-state index is 12.0. The Morgan fingerprint density at radius 1 is 1.08 bits per heavy atom. The molecule has 0 unspecified atom stereocenters. The number of benzene rings is 1. The Balaban J connectivity index is 1.83. The predicted molar refractivity (Wildman–Crippen MR) is 95.7 cm³/mol. The van der Waals surface area contributed by atoms with Gasteiger partial charge >= 0.3 is 0 Å². The van der Waals surface area contributed by atoms with Gasteiger partial charge in [0.2, 0.25) is 0 Å². The first-order valence-corrected chi connectivity index (χ1v) is 8.97. The molecule has 0 saturated heterocycles. The summed E-state index contributed by atoms with van der Waals surface area (Å²) in [6, 6.07) is 5.39. The smallest absolute Gasteiger partial charge is 0.186 e. The lowest BCUT2D eigenvalue weighted by Crippen LogP contribution is -2.59. The standard InChI is InChI=1S/C21H26O4/c1-13-4-9-19(24)21(3,25)20(13,2)11-10-14-5-6-15-16(12-14)18(23)8-7-17(15)22/h5-8,12-13,19,24-25H,4,9-11H2,1-3H3/t13-,19-,20+,21-/m1/s1. The molecule has 2 aliphatic carbocycles. The average molecular weight is 342 g/mol. The van der Waals surface area contributed by atoms with Crippen LogP contribution in [0.25, 0.3) is 0 Å². The SMILES string of the molecule is C[C@@H]1CC[C@@H](O)[C@@](C)(O)[C@@]1(C)CCc1ccc2c(c1)C(=O)C=CC2=O. The number of carbonyl (C=O) groups excluding carboxylic acids is 2. The maximum Gasteiger partial charge on any atom is 0.186 e. The van der Waals surface area contributed by atoms with E-state index < -0.39 is 17.1 Å². The molecule has 0 radical (unpaired) electrons. The molecular formula is C21H26O4. The van der Waals surface area contributed by atoms with Crippen LogP contribution in [0.3, 0.4) is 0 Å². The van der Waals surface area contributed by atoms with Crippen molar-refractivity contribution in [3.8, 4) is 0 Å². The van der Waals surface area contributed by atoms with Crippen LogP contribution in [-0.4, -0.2) is 33.5 Å². The van der Waals surface area contributed by atoms with Gasteiger partial charge < -0.3 is 10.2 Å². The van der Waals surface area contributed by atoms with Crippen LogP contribution >= 0.6 is 0 Å². The van der Waals surface area contributed by atoms with E-state index >= 15 is 0 Å². The molecule has 0 spiro atoms. The van der Waals surface area contributed by atoms with E-state index in [1.165, 1.54) is 12.2 Å². The fraction of sp³-hybridized carbons (Fsp3) is 0.524. The highest BCUT2D eigenvalue weighted by atomic mass is 16.3. The van der Waals surface area contributed by atoms with Crippen molar-refractivity contribution in [2.45, 2.75) is 58.2 Å². The Morgan fingerprint density at radius 2 is 1.72 bits per heavy atom. The third-order valence-electron chi connectivity index (χ3n) is 6.70. The number of aliphatic hydroxyl groups excluding tert-OH is 1.